The van der Waals surface area contributed by atoms with Crippen LogP contribution in [0.1, 0.15) is 11.1 Å². The van der Waals surface area contributed by atoms with E-state index in [-0.39, 0.29) is 24.7 Å². The van der Waals surface area contributed by atoms with Crippen LogP contribution in [0.25, 0.3) is 0 Å². The van der Waals surface area contributed by atoms with Crippen molar-refractivity contribution in [1.82, 2.24) is 0 Å². The lowest BCUT2D eigenvalue weighted by Crippen LogP contribution is -1.96. The van der Waals surface area contributed by atoms with Crippen LogP contribution in [0.5, 0.6) is 5.75 Å². The van der Waals surface area contributed by atoms with Crippen LogP contribution in [0.3, 0.4) is 0 Å². The average Bonchev–Trinajstić information content (AvgIpc) is 2.04. The molecule has 0 aliphatic rings. The Morgan fingerprint density at radius 1 is 1.50 bits per heavy atom. The van der Waals surface area contributed by atoms with Gasteiger partial charge in [0.15, 0.2) is 0 Å². The van der Waals surface area contributed by atoms with Gasteiger partial charge in [0.05, 0.1) is 11.6 Å². The number of rotatable bonds is 1. The van der Waals surface area contributed by atoms with Gasteiger partial charge in [0.1, 0.15) is 5.75 Å². The maximum Gasteiger partial charge on any atom is 0.121 e. The van der Waals surface area contributed by atoms with Crippen LogP contribution in [0.2, 0.25) is 0 Å². The predicted octanol–water partition coefficient (Wildman–Crippen LogP) is 1.14. The monoisotopic (exact) mass is 184 g/mol. The lowest BCUT2D eigenvalue weighted by atomic mass is 10.1. The summed E-state index contributed by atoms with van der Waals surface area (Å²) in [5.74, 6) is 0.0894. The van der Waals surface area contributed by atoms with E-state index in [0.717, 1.165) is 0 Å². The number of phenolic OH excluding ortho intramolecular Hbond substituents is 1. The van der Waals surface area contributed by atoms with Crippen molar-refractivity contribution in [3.8, 4) is 11.8 Å². The van der Waals surface area contributed by atoms with Gasteiger partial charge in [-0.25, -0.2) is 0 Å². The fraction of sp³-hybridized carbons (Fsp3) is 0.125. The topological polar surface area (TPSA) is 70.0 Å². The second-order valence-corrected chi connectivity index (χ2v) is 2.16. The zero-order valence-electron chi connectivity index (χ0n) is 6.32. The van der Waals surface area contributed by atoms with Gasteiger partial charge < -0.3 is 10.8 Å². The van der Waals surface area contributed by atoms with Gasteiger partial charge in [-0.2, -0.15) is 5.26 Å². The first kappa shape index (κ1) is 10.8. The van der Waals surface area contributed by atoms with Crippen molar-refractivity contribution >= 4 is 12.4 Å². The molecule has 0 bridgehead atoms. The highest BCUT2D eigenvalue weighted by atomic mass is 35.5. The van der Waals surface area contributed by atoms with Crippen LogP contribution >= 0.6 is 12.4 Å². The highest BCUT2D eigenvalue weighted by molar-refractivity contribution is 5.85. The Labute approximate surface area is 76.8 Å². The molecule has 0 saturated carbocycles. The molecule has 0 fully saturated rings. The molecule has 64 valence electrons. The molecule has 0 aliphatic heterocycles. The van der Waals surface area contributed by atoms with E-state index in [1.807, 2.05) is 6.07 Å². The maximum atomic E-state index is 9.19. The van der Waals surface area contributed by atoms with E-state index in [9.17, 15) is 5.11 Å². The highest BCUT2D eigenvalue weighted by Crippen LogP contribution is 2.17. The standard InChI is InChI=1S/C8H8N2O.ClH/c9-4-6-1-2-7(5-10)8(11)3-6;/h1-3,11H,5,10H2;1H. The number of hydrogen-bond acceptors (Lipinski definition) is 3. The second-order valence-electron chi connectivity index (χ2n) is 2.16. The summed E-state index contributed by atoms with van der Waals surface area (Å²) in [4.78, 5) is 0. The first-order valence-corrected chi connectivity index (χ1v) is 3.20. The van der Waals surface area contributed by atoms with Crippen molar-refractivity contribution in [3.63, 3.8) is 0 Å². The summed E-state index contributed by atoms with van der Waals surface area (Å²) in [6.07, 6.45) is 0. The van der Waals surface area contributed by atoms with Crippen LogP contribution < -0.4 is 5.73 Å². The largest absolute Gasteiger partial charge is 0.508 e. The minimum absolute atomic E-state index is 0. The van der Waals surface area contributed by atoms with Gasteiger partial charge in [-0.05, 0) is 12.1 Å². The number of halogens is 1. The van der Waals surface area contributed by atoms with Gasteiger partial charge >= 0.3 is 0 Å². The third-order valence-corrected chi connectivity index (χ3v) is 1.43. The predicted molar refractivity (Wildman–Crippen MR) is 48.0 cm³/mol. The summed E-state index contributed by atoms with van der Waals surface area (Å²) in [7, 11) is 0. The van der Waals surface area contributed by atoms with Crippen molar-refractivity contribution in [2.24, 2.45) is 5.73 Å². The molecule has 1 aromatic rings. The Hall–Kier alpha value is -1.24. The Morgan fingerprint density at radius 3 is 2.58 bits per heavy atom. The van der Waals surface area contributed by atoms with E-state index in [2.05, 4.69) is 0 Å². The number of nitrogens with zero attached hydrogens (tertiary/aromatic N) is 1. The molecule has 0 atom stereocenters. The minimum Gasteiger partial charge on any atom is -0.508 e. The van der Waals surface area contributed by atoms with E-state index < -0.39 is 0 Å². The fourth-order valence-corrected chi connectivity index (χ4v) is 0.806. The highest BCUT2D eigenvalue weighted by Gasteiger charge is 1.98. The zero-order valence-corrected chi connectivity index (χ0v) is 7.14. The van der Waals surface area contributed by atoms with E-state index in [0.29, 0.717) is 11.1 Å². The summed E-state index contributed by atoms with van der Waals surface area (Å²) in [6, 6.07) is 6.60. The fourth-order valence-electron chi connectivity index (χ4n) is 0.806. The molecule has 12 heavy (non-hydrogen) atoms. The molecule has 0 amide bonds. The number of hydrogen-bond donors (Lipinski definition) is 2. The summed E-state index contributed by atoms with van der Waals surface area (Å²) in [5.41, 5.74) is 6.40. The number of phenols is 1. The number of aromatic hydroxyl groups is 1. The molecule has 0 saturated heterocycles. The van der Waals surface area contributed by atoms with Crippen molar-refractivity contribution in [2.45, 2.75) is 6.54 Å². The third-order valence-electron chi connectivity index (χ3n) is 1.43. The molecule has 0 aromatic heterocycles. The van der Waals surface area contributed by atoms with Crippen LogP contribution in [0, 0.1) is 11.3 Å². The Kier molecular flexibility index (Phi) is 4.12. The molecule has 4 heteroatoms. The minimum atomic E-state index is 0. The van der Waals surface area contributed by atoms with Crippen molar-refractivity contribution in [2.75, 3.05) is 0 Å². The summed E-state index contributed by atoms with van der Waals surface area (Å²) in [6.45, 7) is 0.289. The molecule has 0 unspecified atom stereocenters. The molecule has 3 nitrogen and oxygen atoms in total. The normalized spacial score (nSPS) is 8.33. The van der Waals surface area contributed by atoms with E-state index in [1.165, 1.54) is 6.07 Å². The Bertz CT molecular complexity index is 306. The van der Waals surface area contributed by atoms with Crippen molar-refractivity contribution in [1.29, 1.82) is 5.26 Å². The van der Waals surface area contributed by atoms with Crippen molar-refractivity contribution < 1.29 is 5.11 Å². The van der Waals surface area contributed by atoms with E-state index in [4.69, 9.17) is 11.0 Å². The number of nitrogens with two attached hydrogens (primary N) is 1. The van der Waals surface area contributed by atoms with Crippen molar-refractivity contribution in [3.05, 3.63) is 29.3 Å². The second kappa shape index (κ2) is 4.60. The SMILES string of the molecule is Cl.N#Cc1ccc(CN)c(O)c1. The van der Waals surface area contributed by atoms with Crippen LogP contribution in [-0.4, -0.2) is 5.11 Å². The van der Waals surface area contributed by atoms with Gasteiger partial charge in [0.25, 0.3) is 0 Å². The van der Waals surface area contributed by atoms with Gasteiger partial charge in [0.2, 0.25) is 0 Å². The van der Waals surface area contributed by atoms with Crippen LogP contribution in [-0.2, 0) is 6.54 Å². The first-order chi connectivity index (χ1) is 5.27. The lowest BCUT2D eigenvalue weighted by molar-refractivity contribution is 0.468. The molecular formula is C8H9ClN2O. The molecule has 0 spiro atoms. The summed E-state index contributed by atoms with van der Waals surface area (Å²) in [5, 5.41) is 17.6. The van der Waals surface area contributed by atoms with Gasteiger partial charge in [0, 0.05) is 12.1 Å². The third kappa shape index (κ3) is 2.12. The molecule has 0 aliphatic carbocycles. The first-order valence-electron chi connectivity index (χ1n) is 3.20. The maximum absolute atomic E-state index is 9.19. The average molecular weight is 185 g/mol. The molecule has 1 aromatic carbocycles. The molecule has 0 radical (unpaired) electrons. The smallest absolute Gasteiger partial charge is 0.121 e. The number of nitriles is 1. The molecule has 0 heterocycles. The van der Waals surface area contributed by atoms with Crippen LogP contribution in [0.4, 0.5) is 0 Å². The summed E-state index contributed by atoms with van der Waals surface area (Å²) < 4.78 is 0. The molecular weight excluding hydrogens is 176 g/mol. The summed E-state index contributed by atoms with van der Waals surface area (Å²) >= 11 is 0. The van der Waals surface area contributed by atoms with Crippen LogP contribution in [0.15, 0.2) is 18.2 Å². The lowest BCUT2D eigenvalue weighted by Gasteiger charge is -1.99. The van der Waals surface area contributed by atoms with Gasteiger partial charge in [-0.3, -0.25) is 0 Å². The van der Waals surface area contributed by atoms with Gasteiger partial charge in [-0.15, -0.1) is 12.4 Å². The molecule has 1 rings (SSSR count). The quantitative estimate of drug-likeness (QED) is 0.688. The van der Waals surface area contributed by atoms with E-state index in [1.54, 1.807) is 12.1 Å². The Morgan fingerprint density at radius 2 is 2.17 bits per heavy atom. The van der Waals surface area contributed by atoms with E-state index >= 15 is 0 Å². The zero-order chi connectivity index (χ0) is 8.27. The number of benzene rings is 1. The Balaban J connectivity index is 0.00000121. The molecule has 3 N–H and O–H groups in total. The van der Waals surface area contributed by atoms with Gasteiger partial charge in [-0.1, -0.05) is 6.07 Å².